The van der Waals surface area contributed by atoms with Crippen molar-refractivity contribution in [2.24, 2.45) is 5.41 Å². The van der Waals surface area contributed by atoms with Crippen molar-refractivity contribution in [3.8, 4) is 0 Å². The summed E-state index contributed by atoms with van der Waals surface area (Å²) in [5.74, 6) is 0. The molecule has 2 unspecified atom stereocenters. The lowest BCUT2D eigenvalue weighted by Crippen LogP contribution is -2.43. The van der Waals surface area contributed by atoms with Gasteiger partial charge in [-0.05, 0) is 51.7 Å². The number of hydrogen-bond acceptors (Lipinski definition) is 4. The van der Waals surface area contributed by atoms with Crippen LogP contribution in [0.3, 0.4) is 0 Å². The molecule has 1 amide bonds. The quantitative estimate of drug-likeness (QED) is 0.813. The highest BCUT2D eigenvalue weighted by Crippen LogP contribution is 2.42. The second kappa shape index (κ2) is 7.79. The van der Waals surface area contributed by atoms with Crippen LogP contribution in [-0.2, 0) is 11.2 Å². The Hall–Kier alpha value is -1.20. The smallest absolute Gasteiger partial charge is 0.407 e. The first-order chi connectivity index (χ1) is 11.3. The standard InChI is InChI=1S/C19H29NO3S/c1-5-19(13-21,12-20-17(22)23-18(2,3)4)11-15-10-14-8-6-7-9-16(14)24-15/h6-9,15,21H,5,10-13H2,1-4H3,(H,20,22). The lowest BCUT2D eigenvalue weighted by molar-refractivity contribution is 0.0451. The molecule has 134 valence electrons. The third kappa shape index (κ3) is 5.15. The lowest BCUT2D eigenvalue weighted by Gasteiger charge is -2.33. The third-order valence-corrected chi connectivity index (χ3v) is 5.79. The molecule has 2 atom stereocenters. The van der Waals surface area contributed by atoms with E-state index in [9.17, 15) is 9.90 Å². The monoisotopic (exact) mass is 351 g/mol. The number of aliphatic hydroxyl groups is 1. The Morgan fingerprint density at radius 3 is 2.67 bits per heavy atom. The summed E-state index contributed by atoms with van der Waals surface area (Å²) in [5, 5.41) is 13.3. The summed E-state index contributed by atoms with van der Waals surface area (Å²) in [4.78, 5) is 13.3. The molecule has 4 nitrogen and oxygen atoms in total. The van der Waals surface area contributed by atoms with Crippen LogP contribution in [0.1, 0.15) is 46.1 Å². The summed E-state index contributed by atoms with van der Waals surface area (Å²) in [5.41, 5.74) is 0.563. The van der Waals surface area contributed by atoms with Crippen molar-refractivity contribution in [2.45, 2.75) is 62.7 Å². The number of benzene rings is 1. The summed E-state index contributed by atoms with van der Waals surface area (Å²) < 4.78 is 5.31. The minimum Gasteiger partial charge on any atom is -0.444 e. The van der Waals surface area contributed by atoms with Gasteiger partial charge >= 0.3 is 6.09 Å². The van der Waals surface area contributed by atoms with Gasteiger partial charge in [-0.2, -0.15) is 0 Å². The molecule has 1 aliphatic rings. The summed E-state index contributed by atoms with van der Waals surface area (Å²) in [6.45, 7) is 8.10. The predicted molar refractivity (Wildman–Crippen MR) is 98.5 cm³/mol. The van der Waals surface area contributed by atoms with Crippen molar-refractivity contribution in [1.82, 2.24) is 5.32 Å². The van der Waals surface area contributed by atoms with Crippen LogP contribution >= 0.6 is 11.8 Å². The molecule has 0 aliphatic carbocycles. The highest BCUT2D eigenvalue weighted by Gasteiger charge is 2.34. The van der Waals surface area contributed by atoms with Crippen LogP contribution < -0.4 is 5.32 Å². The first-order valence-electron chi connectivity index (χ1n) is 8.59. The third-order valence-electron chi connectivity index (χ3n) is 4.47. The first-order valence-corrected chi connectivity index (χ1v) is 9.47. The molecule has 2 N–H and O–H groups in total. The van der Waals surface area contributed by atoms with E-state index in [1.165, 1.54) is 10.5 Å². The van der Waals surface area contributed by atoms with Gasteiger partial charge in [0.05, 0.1) is 6.61 Å². The van der Waals surface area contributed by atoms with Crippen molar-refractivity contribution in [3.63, 3.8) is 0 Å². The number of hydrogen-bond donors (Lipinski definition) is 2. The maximum Gasteiger partial charge on any atom is 0.407 e. The molecule has 0 saturated carbocycles. The zero-order chi connectivity index (χ0) is 17.8. The van der Waals surface area contributed by atoms with Gasteiger partial charge in [0.25, 0.3) is 0 Å². The fraction of sp³-hybridized carbons (Fsp3) is 0.632. The first kappa shape index (κ1) is 19.1. The van der Waals surface area contributed by atoms with Crippen molar-refractivity contribution in [1.29, 1.82) is 0 Å². The molecule has 1 heterocycles. The number of fused-ring (bicyclic) bond motifs is 1. The number of amides is 1. The van der Waals surface area contributed by atoms with Gasteiger partial charge in [0.15, 0.2) is 0 Å². The Labute approximate surface area is 149 Å². The van der Waals surface area contributed by atoms with Crippen molar-refractivity contribution >= 4 is 17.9 Å². The predicted octanol–water partition coefficient (Wildman–Crippen LogP) is 4.01. The van der Waals surface area contributed by atoms with Gasteiger partial charge in [0, 0.05) is 22.1 Å². The number of thioether (sulfide) groups is 1. The molecule has 0 aromatic heterocycles. The minimum atomic E-state index is -0.513. The zero-order valence-electron chi connectivity index (χ0n) is 15.1. The molecular formula is C19H29NO3S. The van der Waals surface area contributed by atoms with Crippen LogP contribution in [0.4, 0.5) is 4.79 Å². The topological polar surface area (TPSA) is 58.6 Å². The van der Waals surface area contributed by atoms with E-state index < -0.39 is 11.7 Å². The normalized spacial score (nSPS) is 19.5. The second-order valence-electron chi connectivity index (χ2n) is 7.62. The van der Waals surface area contributed by atoms with E-state index >= 15 is 0 Å². The van der Waals surface area contributed by atoms with Crippen LogP contribution in [0.5, 0.6) is 0 Å². The van der Waals surface area contributed by atoms with Crippen LogP contribution in [0.2, 0.25) is 0 Å². The van der Waals surface area contributed by atoms with E-state index in [4.69, 9.17) is 4.74 Å². The van der Waals surface area contributed by atoms with E-state index in [0.29, 0.717) is 11.8 Å². The maximum absolute atomic E-state index is 11.9. The zero-order valence-corrected chi connectivity index (χ0v) is 15.9. The lowest BCUT2D eigenvalue weighted by atomic mass is 9.80. The van der Waals surface area contributed by atoms with Crippen LogP contribution in [0, 0.1) is 5.41 Å². The molecular weight excluding hydrogens is 322 g/mol. The number of carbonyl (C=O) groups is 1. The van der Waals surface area contributed by atoms with E-state index in [0.717, 1.165) is 19.3 Å². The molecule has 1 aromatic carbocycles. The Morgan fingerprint density at radius 2 is 2.08 bits per heavy atom. The molecule has 0 spiro atoms. The molecule has 0 bridgehead atoms. The van der Waals surface area contributed by atoms with Gasteiger partial charge in [-0.3, -0.25) is 0 Å². The van der Waals surface area contributed by atoms with E-state index in [1.807, 2.05) is 32.5 Å². The average Bonchev–Trinajstić information content (AvgIpc) is 2.92. The summed E-state index contributed by atoms with van der Waals surface area (Å²) in [6, 6.07) is 8.47. The van der Waals surface area contributed by atoms with Gasteiger partial charge in [0.1, 0.15) is 5.60 Å². The Balaban J connectivity index is 1.94. The van der Waals surface area contributed by atoms with Gasteiger partial charge in [-0.1, -0.05) is 25.1 Å². The Morgan fingerprint density at radius 1 is 1.38 bits per heavy atom. The summed E-state index contributed by atoms with van der Waals surface area (Å²) in [6.07, 6.45) is 2.28. The van der Waals surface area contributed by atoms with E-state index in [2.05, 4.69) is 36.5 Å². The number of ether oxygens (including phenoxy) is 1. The van der Waals surface area contributed by atoms with Crippen LogP contribution in [-0.4, -0.2) is 35.2 Å². The van der Waals surface area contributed by atoms with Gasteiger partial charge in [0.2, 0.25) is 0 Å². The molecule has 0 radical (unpaired) electrons. The molecule has 1 aliphatic heterocycles. The second-order valence-corrected chi connectivity index (χ2v) is 8.97. The summed E-state index contributed by atoms with van der Waals surface area (Å²) >= 11 is 1.88. The highest BCUT2D eigenvalue weighted by molar-refractivity contribution is 8.00. The Kier molecular flexibility index (Phi) is 6.21. The fourth-order valence-electron chi connectivity index (χ4n) is 3.00. The number of nitrogens with one attached hydrogen (secondary N) is 1. The minimum absolute atomic E-state index is 0.0622. The van der Waals surface area contributed by atoms with Crippen molar-refractivity contribution in [2.75, 3.05) is 13.2 Å². The molecule has 0 fully saturated rings. The number of carbonyl (C=O) groups excluding carboxylic acids is 1. The largest absolute Gasteiger partial charge is 0.444 e. The molecule has 2 rings (SSSR count). The van der Waals surface area contributed by atoms with Crippen molar-refractivity contribution in [3.05, 3.63) is 29.8 Å². The molecule has 1 aromatic rings. The average molecular weight is 352 g/mol. The Bertz CT molecular complexity index is 539. The SMILES string of the molecule is CCC(CO)(CNC(=O)OC(C)(C)C)CC1Cc2ccccc2S1. The van der Waals surface area contributed by atoms with E-state index in [-0.39, 0.29) is 12.0 Å². The van der Waals surface area contributed by atoms with Crippen LogP contribution in [0.25, 0.3) is 0 Å². The molecule has 24 heavy (non-hydrogen) atoms. The number of alkyl carbamates (subject to hydrolysis) is 1. The van der Waals surface area contributed by atoms with Crippen molar-refractivity contribution < 1.29 is 14.6 Å². The van der Waals surface area contributed by atoms with Crippen LogP contribution in [0.15, 0.2) is 29.2 Å². The summed E-state index contributed by atoms with van der Waals surface area (Å²) in [7, 11) is 0. The van der Waals surface area contributed by atoms with Gasteiger partial charge < -0.3 is 15.2 Å². The number of rotatable bonds is 6. The van der Waals surface area contributed by atoms with E-state index in [1.54, 1.807) is 0 Å². The highest BCUT2D eigenvalue weighted by atomic mass is 32.2. The van der Waals surface area contributed by atoms with Gasteiger partial charge in [-0.15, -0.1) is 11.8 Å². The molecule has 5 heteroatoms. The van der Waals surface area contributed by atoms with Gasteiger partial charge in [-0.25, -0.2) is 4.79 Å². The molecule has 0 saturated heterocycles. The maximum atomic E-state index is 11.9. The number of aliphatic hydroxyl groups excluding tert-OH is 1. The fourth-order valence-corrected chi connectivity index (χ4v) is 4.52.